The van der Waals surface area contributed by atoms with Crippen LogP contribution in [0.2, 0.25) is 0 Å². The Bertz CT molecular complexity index is 1790. The SMILES string of the molecule is CC(C)(C)OC(=O)N1CCN(C(=O)C(C)(C)c2cc(B3OC(C)(C)C(C)(C)O3)ccn2)CC1.CC(C)(C)OC(=O)N1CCN(C(=O)C(C)(C)c2cc(I)ccn2)CC1. The Morgan fingerprint density at radius 2 is 0.948 bits per heavy atom. The van der Waals surface area contributed by atoms with Gasteiger partial charge in [-0.05, 0) is 149 Å². The van der Waals surface area contributed by atoms with E-state index < -0.39 is 40.4 Å². The fourth-order valence-corrected chi connectivity index (χ4v) is 6.96. The van der Waals surface area contributed by atoms with Gasteiger partial charge in [-0.1, -0.05) is 0 Å². The first kappa shape index (κ1) is 47.2. The van der Waals surface area contributed by atoms with Crippen LogP contribution in [-0.2, 0) is 39.2 Å². The fourth-order valence-electron chi connectivity index (χ4n) is 6.51. The minimum atomic E-state index is -0.840. The maximum Gasteiger partial charge on any atom is 0.494 e. The fraction of sp³-hybridized carbons (Fsp3) is 0.667. The third-order valence-corrected chi connectivity index (χ3v) is 11.5. The van der Waals surface area contributed by atoms with E-state index in [0.717, 1.165) is 14.7 Å². The predicted octanol–water partition coefficient (Wildman–Crippen LogP) is 5.78. The van der Waals surface area contributed by atoms with Crippen LogP contribution in [0.3, 0.4) is 0 Å². The molecule has 320 valence electrons. The Morgan fingerprint density at radius 3 is 1.31 bits per heavy atom. The number of pyridine rings is 2. The molecular weight excluding hydrogens is 854 g/mol. The molecule has 0 saturated carbocycles. The Hall–Kier alpha value is -3.51. The Labute approximate surface area is 359 Å². The van der Waals surface area contributed by atoms with Crippen LogP contribution in [0, 0.1) is 3.57 Å². The van der Waals surface area contributed by atoms with Crippen LogP contribution in [-0.4, -0.2) is 135 Å². The van der Waals surface area contributed by atoms with Crippen LogP contribution in [0.15, 0.2) is 36.7 Å². The third kappa shape index (κ3) is 11.6. The van der Waals surface area contributed by atoms with E-state index >= 15 is 0 Å². The van der Waals surface area contributed by atoms with Crippen molar-refractivity contribution in [2.45, 2.75) is 130 Å². The highest BCUT2D eigenvalue weighted by Crippen LogP contribution is 2.37. The first-order chi connectivity index (χ1) is 26.5. The lowest BCUT2D eigenvalue weighted by Crippen LogP contribution is -2.55. The molecule has 3 fully saturated rings. The number of carbonyl (C=O) groups excluding carboxylic acids is 4. The summed E-state index contributed by atoms with van der Waals surface area (Å²) in [6.07, 6.45) is 2.77. The lowest BCUT2D eigenvalue weighted by Gasteiger charge is -2.38. The van der Waals surface area contributed by atoms with Crippen LogP contribution in [0.25, 0.3) is 0 Å². The summed E-state index contributed by atoms with van der Waals surface area (Å²) in [5.74, 6) is 0.00995. The van der Waals surface area contributed by atoms with Crippen LogP contribution in [0.4, 0.5) is 9.59 Å². The largest absolute Gasteiger partial charge is 0.494 e. The standard InChI is InChI=1S/C24H38BN3O5.C18H26IN3O3/c1-21(2,3)31-20(30)28-14-12-27(13-15-28)19(29)22(4,5)18-16-17(10-11-26-18)25-32-23(6,7)24(8,9)33-25;1-17(2,3)25-16(24)22-10-8-21(9-11-22)15(23)18(4,5)14-12-13(19)6-7-20-14/h10-11,16H,12-15H2,1-9H3;6-7,12H,8-11H2,1-5H3. The molecular formula is C42H64BIN6O8. The molecule has 16 heteroatoms. The maximum atomic E-state index is 13.5. The van der Waals surface area contributed by atoms with Gasteiger partial charge in [0.25, 0.3) is 0 Å². The molecule has 0 bridgehead atoms. The van der Waals surface area contributed by atoms with Crippen molar-refractivity contribution in [2.24, 2.45) is 0 Å². The summed E-state index contributed by atoms with van der Waals surface area (Å²) in [5, 5.41) is 0. The molecule has 5 heterocycles. The lowest BCUT2D eigenvalue weighted by molar-refractivity contribution is -0.138. The van der Waals surface area contributed by atoms with Crippen molar-refractivity contribution in [2.75, 3.05) is 52.4 Å². The number of carbonyl (C=O) groups is 4. The molecule has 3 saturated heterocycles. The zero-order valence-corrected chi connectivity index (χ0v) is 39.2. The zero-order valence-electron chi connectivity index (χ0n) is 37.0. The quantitative estimate of drug-likeness (QED) is 0.268. The number of hydrogen-bond acceptors (Lipinski definition) is 10. The van der Waals surface area contributed by atoms with Gasteiger partial charge in [0.2, 0.25) is 11.8 Å². The van der Waals surface area contributed by atoms with Gasteiger partial charge in [0, 0.05) is 68.3 Å². The summed E-state index contributed by atoms with van der Waals surface area (Å²) < 4.78 is 24.2. The number of hydrogen-bond donors (Lipinski definition) is 0. The van der Waals surface area contributed by atoms with Gasteiger partial charge in [-0.15, -0.1) is 0 Å². The number of rotatable bonds is 5. The van der Waals surface area contributed by atoms with Crippen molar-refractivity contribution in [3.05, 3.63) is 51.6 Å². The summed E-state index contributed by atoms with van der Waals surface area (Å²) >= 11 is 2.22. The molecule has 3 aliphatic heterocycles. The lowest BCUT2D eigenvalue weighted by atomic mass is 9.76. The summed E-state index contributed by atoms with van der Waals surface area (Å²) in [5.41, 5.74) is -1.21. The molecule has 0 aromatic carbocycles. The van der Waals surface area contributed by atoms with Gasteiger partial charge in [0.15, 0.2) is 0 Å². The number of amides is 4. The summed E-state index contributed by atoms with van der Waals surface area (Å²) in [4.78, 5) is 66.7. The average Bonchev–Trinajstić information content (AvgIpc) is 3.35. The molecule has 5 rings (SSSR count). The van der Waals surface area contributed by atoms with Crippen LogP contribution >= 0.6 is 22.6 Å². The summed E-state index contributed by atoms with van der Waals surface area (Å²) in [7, 11) is -0.514. The predicted molar refractivity (Wildman–Crippen MR) is 232 cm³/mol. The third-order valence-electron chi connectivity index (χ3n) is 10.8. The number of aromatic nitrogens is 2. The van der Waals surface area contributed by atoms with Gasteiger partial charge in [0.05, 0.1) is 33.4 Å². The van der Waals surface area contributed by atoms with Gasteiger partial charge in [-0.3, -0.25) is 19.6 Å². The molecule has 0 spiro atoms. The van der Waals surface area contributed by atoms with Crippen molar-refractivity contribution in [3.63, 3.8) is 0 Å². The molecule has 58 heavy (non-hydrogen) atoms. The monoisotopic (exact) mass is 918 g/mol. The smallest absolute Gasteiger partial charge is 0.444 e. The Balaban J connectivity index is 0.000000267. The molecule has 14 nitrogen and oxygen atoms in total. The first-order valence-corrected chi connectivity index (χ1v) is 21.1. The number of halogens is 1. The average molecular weight is 919 g/mol. The Morgan fingerprint density at radius 1 is 0.603 bits per heavy atom. The zero-order chi connectivity index (χ0) is 43.6. The molecule has 0 radical (unpaired) electrons. The second kappa shape index (κ2) is 17.6. The second-order valence-electron chi connectivity index (χ2n) is 19.2. The van der Waals surface area contributed by atoms with Gasteiger partial charge >= 0.3 is 19.3 Å². The van der Waals surface area contributed by atoms with Gasteiger partial charge in [-0.2, -0.15) is 0 Å². The van der Waals surface area contributed by atoms with E-state index in [0.29, 0.717) is 58.1 Å². The molecule has 4 amide bonds. The number of nitrogens with zero attached hydrogens (tertiary/aromatic N) is 6. The minimum absolute atomic E-state index is 0.0232. The molecule has 0 unspecified atom stereocenters. The highest BCUT2D eigenvalue weighted by atomic mass is 127. The van der Waals surface area contributed by atoms with Crippen molar-refractivity contribution in [1.82, 2.24) is 29.6 Å². The molecule has 0 N–H and O–H groups in total. The van der Waals surface area contributed by atoms with Crippen LogP contribution in [0.1, 0.15) is 108 Å². The summed E-state index contributed by atoms with van der Waals surface area (Å²) in [6, 6.07) is 7.61. The van der Waals surface area contributed by atoms with E-state index in [4.69, 9.17) is 18.8 Å². The van der Waals surface area contributed by atoms with E-state index in [2.05, 4.69) is 32.6 Å². The molecule has 0 aliphatic carbocycles. The molecule has 3 aliphatic rings. The van der Waals surface area contributed by atoms with Crippen molar-refractivity contribution in [1.29, 1.82) is 0 Å². The molecule has 0 atom stereocenters. The van der Waals surface area contributed by atoms with Gasteiger partial charge < -0.3 is 38.4 Å². The number of piperazine rings is 2. The highest BCUT2D eigenvalue weighted by molar-refractivity contribution is 14.1. The van der Waals surface area contributed by atoms with E-state index in [-0.39, 0.29) is 24.0 Å². The van der Waals surface area contributed by atoms with Crippen molar-refractivity contribution in [3.8, 4) is 0 Å². The van der Waals surface area contributed by atoms with E-state index in [1.807, 2.05) is 126 Å². The van der Waals surface area contributed by atoms with Gasteiger partial charge in [0.1, 0.15) is 11.2 Å². The topological polar surface area (TPSA) is 144 Å². The van der Waals surface area contributed by atoms with E-state index in [1.54, 1.807) is 27.1 Å². The van der Waals surface area contributed by atoms with Gasteiger partial charge in [-0.25, -0.2) is 9.59 Å². The second-order valence-corrected chi connectivity index (χ2v) is 20.4. The molecule has 2 aromatic heterocycles. The minimum Gasteiger partial charge on any atom is -0.444 e. The van der Waals surface area contributed by atoms with Crippen molar-refractivity contribution >= 4 is 59.2 Å². The van der Waals surface area contributed by atoms with Crippen LogP contribution < -0.4 is 5.46 Å². The number of ether oxygens (including phenoxy) is 2. The normalized spacial score (nSPS) is 18.6. The Kier molecular flexibility index (Phi) is 14.3. The van der Waals surface area contributed by atoms with Crippen molar-refractivity contribution < 1.29 is 38.0 Å². The maximum absolute atomic E-state index is 13.5. The molecule has 2 aromatic rings. The van der Waals surface area contributed by atoms with E-state index in [1.165, 1.54) is 0 Å². The highest BCUT2D eigenvalue weighted by Gasteiger charge is 2.52. The van der Waals surface area contributed by atoms with Crippen LogP contribution in [0.5, 0.6) is 0 Å². The van der Waals surface area contributed by atoms with E-state index in [9.17, 15) is 19.2 Å². The summed E-state index contributed by atoms with van der Waals surface area (Å²) in [6.45, 7) is 30.5. The first-order valence-electron chi connectivity index (χ1n) is 20.0.